The molecule has 7 heteroatoms. The van der Waals surface area contributed by atoms with Crippen LogP contribution in [0.3, 0.4) is 0 Å². The predicted octanol–water partition coefficient (Wildman–Crippen LogP) is 1.99. The third kappa shape index (κ3) is 3.72. The number of hydrogen-bond acceptors (Lipinski definition) is 5. The molecule has 4 unspecified atom stereocenters. The van der Waals surface area contributed by atoms with Crippen molar-refractivity contribution in [2.45, 2.75) is 48.9 Å². The Kier molecular flexibility index (Phi) is 5.41. The van der Waals surface area contributed by atoms with Gasteiger partial charge in [0.05, 0.1) is 10.8 Å². The van der Waals surface area contributed by atoms with Gasteiger partial charge in [-0.05, 0) is 56.6 Å². The van der Waals surface area contributed by atoms with Crippen LogP contribution in [0.25, 0.3) is 0 Å². The minimum Gasteiger partial charge on any atom is -0.342 e. The number of amides is 2. The van der Waals surface area contributed by atoms with E-state index in [0.717, 1.165) is 51.9 Å². The van der Waals surface area contributed by atoms with E-state index < -0.39 is 0 Å². The molecule has 1 aliphatic carbocycles. The van der Waals surface area contributed by atoms with E-state index in [1.165, 1.54) is 11.8 Å². The zero-order chi connectivity index (χ0) is 19.0. The maximum atomic E-state index is 13.1. The first-order valence-electron chi connectivity index (χ1n) is 10.00. The van der Waals surface area contributed by atoms with Crippen LogP contribution in [0, 0.1) is 11.8 Å². The molecule has 3 heterocycles. The number of likely N-dealkylation sites (tertiary alicyclic amines) is 2. The fourth-order valence-corrected chi connectivity index (χ4v) is 5.69. The summed E-state index contributed by atoms with van der Waals surface area (Å²) in [5.74, 6) is 1.13. The number of hydrogen-bond donors (Lipinski definition) is 1. The number of thioether (sulfide) groups is 1. The zero-order valence-electron chi connectivity index (χ0n) is 15.8. The van der Waals surface area contributed by atoms with Gasteiger partial charge in [-0.15, -0.1) is 0 Å². The lowest BCUT2D eigenvalue weighted by molar-refractivity contribution is -0.129. The van der Waals surface area contributed by atoms with Crippen LogP contribution in [-0.2, 0) is 4.79 Å². The molecule has 2 saturated heterocycles. The number of aromatic nitrogens is 1. The molecule has 0 radical (unpaired) electrons. The molecule has 2 N–H and O–H groups in total. The third-order valence-corrected chi connectivity index (χ3v) is 7.36. The summed E-state index contributed by atoms with van der Waals surface area (Å²) in [6, 6.07) is 3.85. The molecule has 146 valence electrons. The quantitative estimate of drug-likeness (QED) is 0.798. The lowest BCUT2D eigenvalue weighted by Crippen LogP contribution is -2.35. The zero-order valence-corrected chi connectivity index (χ0v) is 16.7. The molecule has 27 heavy (non-hydrogen) atoms. The van der Waals surface area contributed by atoms with Crippen LogP contribution >= 0.6 is 11.8 Å². The van der Waals surface area contributed by atoms with E-state index in [2.05, 4.69) is 4.98 Å². The van der Waals surface area contributed by atoms with Gasteiger partial charge in [0.25, 0.3) is 5.91 Å². The highest BCUT2D eigenvalue weighted by molar-refractivity contribution is 8.00. The normalized spacial score (nSPS) is 28.4. The van der Waals surface area contributed by atoms with Crippen LogP contribution in [-0.4, -0.2) is 64.1 Å². The number of pyridine rings is 1. The number of carbonyl (C=O) groups is 2. The molecule has 0 aromatic carbocycles. The van der Waals surface area contributed by atoms with E-state index >= 15 is 0 Å². The minimum atomic E-state index is -0.240. The molecule has 1 aromatic rings. The molecule has 0 bridgehead atoms. The largest absolute Gasteiger partial charge is 0.342 e. The fraction of sp³-hybridized carbons (Fsp3) is 0.650. The molecular formula is C20H28N4O2S. The van der Waals surface area contributed by atoms with Crippen molar-refractivity contribution in [3.05, 3.63) is 23.9 Å². The third-order valence-electron chi connectivity index (χ3n) is 6.26. The van der Waals surface area contributed by atoms with E-state index in [9.17, 15) is 9.59 Å². The van der Waals surface area contributed by atoms with Crippen molar-refractivity contribution in [1.29, 1.82) is 0 Å². The Balaban J connectivity index is 1.46. The fourth-order valence-electron chi connectivity index (χ4n) is 4.70. The second kappa shape index (κ2) is 7.80. The summed E-state index contributed by atoms with van der Waals surface area (Å²) < 4.78 is 0. The average molecular weight is 389 g/mol. The summed E-state index contributed by atoms with van der Waals surface area (Å²) in [5, 5.41) is 0.417. The summed E-state index contributed by atoms with van der Waals surface area (Å²) in [7, 11) is 0. The molecule has 1 saturated carbocycles. The van der Waals surface area contributed by atoms with Crippen molar-refractivity contribution < 1.29 is 9.59 Å². The maximum absolute atomic E-state index is 13.1. The van der Waals surface area contributed by atoms with Crippen LogP contribution in [0.4, 0.5) is 0 Å². The molecule has 4 atom stereocenters. The highest BCUT2D eigenvalue weighted by atomic mass is 32.2. The number of nitrogens with two attached hydrogens (primary N) is 1. The molecule has 1 aromatic heterocycles. The lowest BCUT2D eigenvalue weighted by Gasteiger charge is -2.22. The Morgan fingerprint density at radius 3 is 2.74 bits per heavy atom. The van der Waals surface area contributed by atoms with Crippen molar-refractivity contribution >= 4 is 23.6 Å². The van der Waals surface area contributed by atoms with E-state index in [-0.39, 0.29) is 23.1 Å². The van der Waals surface area contributed by atoms with Crippen molar-refractivity contribution in [3.8, 4) is 0 Å². The monoisotopic (exact) mass is 388 g/mol. The highest BCUT2D eigenvalue weighted by Crippen LogP contribution is 2.38. The first kappa shape index (κ1) is 18.7. The van der Waals surface area contributed by atoms with Crippen molar-refractivity contribution in [2.24, 2.45) is 17.6 Å². The van der Waals surface area contributed by atoms with Gasteiger partial charge >= 0.3 is 0 Å². The van der Waals surface area contributed by atoms with Gasteiger partial charge in [-0.3, -0.25) is 9.59 Å². The second-order valence-electron chi connectivity index (χ2n) is 8.02. The van der Waals surface area contributed by atoms with Crippen LogP contribution < -0.4 is 5.73 Å². The first-order chi connectivity index (χ1) is 13.0. The van der Waals surface area contributed by atoms with Crippen molar-refractivity contribution in [1.82, 2.24) is 14.8 Å². The summed E-state index contributed by atoms with van der Waals surface area (Å²) >= 11 is 1.40. The summed E-state index contributed by atoms with van der Waals surface area (Å²) in [6.07, 6.45) is 6.04. The van der Waals surface area contributed by atoms with Gasteiger partial charge in [0, 0.05) is 38.4 Å². The van der Waals surface area contributed by atoms with Crippen molar-refractivity contribution in [3.63, 3.8) is 0 Å². The number of carbonyl (C=O) groups excluding carboxylic acids is 2. The van der Waals surface area contributed by atoms with Gasteiger partial charge in [-0.2, -0.15) is 0 Å². The molecular weight excluding hydrogens is 360 g/mol. The first-order valence-corrected chi connectivity index (χ1v) is 10.9. The number of nitrogens with zero attached hydrogens (tertiary/aromatic N) is 3. The van der Waals surface area contributed by atoms with Crippen LogP contribution in [0.2, 0.25) is 0 Å². The van der Waals surface area contributed by atoms with Gasteiger partial charge < -0.3 is 15.5 Å². The Hall–Kier alpha value is -1.60. The van der Waals surface area contributed by atoms with E-state index in [1.807, 2.05) is 22.8 Å². The Morgan fingerprint density at radius 2 is 2.00 bits per heavy atom. The smallest absolute Gasteiger partial charge is 0.256 e. The second-order valence-corrected chi connectivity index (χ2v) is 9.35. The Bertz CT molecular complexity index is 722. The van der Waals surface area contributed by atoms with Crippen LogP contribution in [0.5, 0.6) is 0 Å². The molecule has 6 nitrogen and oxygen atoms in total. The molecule has 3 aliphatic rings. The van der Waals surface area contributed by atoms with Gasteiger partial charge in [-0.1, -0.05) is 11.8 Å². The standard InChI is InChI=1S/C20H28N4O2S/c1-13(19(25)23-9-2-3-10-23)27-18-15(5-4-8-22-18)20(26)24-11-14-6-7-17(21)16(14)12-24/h4-5,8,13-14,16-17H,2-3,6-7,9-12,21H2,1H3. The molecule has 2 aliphatic heterocycles. The average Bonchev–Trinajstić information content (AvgIpc) is 3.40. The molecule has 4 rings (SSSR count). The Labute approximate surface area is 164 Å². The van der Waals surface area contributed by atoms with E-state index in [0.29, 0.717) is 22.4 Å². The lowest BCUT2D eigenvalue weighted by atomic mass is 9.98. The van der Waals surface area contributed by atoms with Gasteiger partial charge in [0.2, 0.25) is 5.91 Å². The molecule has 3 fully saturated rings. The topological polar surface area (TPSA) is 79.5 Å². The van der Waals surface area contributed by atoms with Gasteiger partial charge in [-0.25, -0.2) is 4.98 Å². The number of rotatable bonds is 4. The molecule has 2 amide bonds. The highest BCUT2D eigenvalue weighted by Gasteiger charge is 2.43. The van der Waals surface area contributed by atoms with E-state index in [4.69, 9.17) is 5.73 Å². The number of fused-ring (bicyclic) bond motifs is 1. The minimum absolute atomic E-state index is 0.0213. The predicted molar refractivity (Wildman–Crippen MR) is 105 cm³/mol. The summed E-state index contributed by atoms with van der Waals surface area (Å²) in [4.78, 5) is 34.1. The van der Waals surface area contributed by atoms with Crippen LogP contribution in [0.1, 0.15) is 43.0 Å². The maximum Gasteiger partial charge on any atom is 0.256 e. The molecule has 0 spiro atoms. The van der Waals surface area contributed by atoms with Crippen molar-refractivity contribution in [2.75, 3.05) is 26.2 Å². The van der Waals surface area contributed by atoms with Gasteiger partial charge in [0.15, 0.2) is 0 Å². The van der Waals surface area contributed by atoms with Crippen LogP contribution in [0.15, 0.2) is 23.4 Å². The summed E-state index contributed by atoms with van der Waals surface area (Å²) in [5.41, 5.74) is 6.82. The SMILES string of the molecule is CC(Sc1ncccc1C(=O)N1CC2CCC(N)C2C1)C(=O)N1CCCC1. The summed E-state index contributed by atoms with van der Waals surface area (Å²) in [6.45, 7) is 5.13. The van der Waals surface area contributed by atoms with Gasteiger partial charge in [0.1, 0.15) is 5.03 Å². The Morgan fingerprint density at radius 1 is 1.22 bits per heavy atom. The van der Waals surface area contributed by atoms with E-state index in [1.54, 1.807) is 12.3 Å².